The van der Waals surface area contributed by atoms with Crippen LogP contribution in [0.2, 0.25) is 5.02 Å². The zero-order chi connectivity index (χ0) is 23.8. The van der Waals surface area contributed by atoms with Crippen molar-refractivity contribution in [2.45, 2.75) is 17.9 Å². The number of ether oxygens (including phenoxy) is 1. The second-order valence-corrected chi connectivity index (χ2v) is 9.20. The molecule has 33 heavy (non-hydrogen) atoms. The van der Waals surface area contributed by atoms with E-state index in [4.69, 9.17) is 20.9 Å². The maximum Gasteiger partial charge on any atom is 0.414 e. The average molecular weight is 494 g/mol. The maximum absolute atomic E-state index is 12.5. The number of rotatable bonds is 7. The molecule has 1 aliphatic heterocycles. The number of benzene rings is 2. The predicted molar refractivity (Wildman–Crippen MR) is 115 cm³/mol. The summed E-state index contributed by atoms with van der Waals surface area (Å²) in [6, 6.07) is 9.95. The molecule has 172 valence electrons. The van der Waals surface area contributed by atoms with E-state index in [0.717, 1.165) is 18.2 Å². The van der Waals surface area contributed by atoms with Crippen LogP contribution in [0.15, 0.2) is 51.9 Å². The van der Waals surface area contributed by atoms with E-state index >= 15 is 0 Å². The molecule has 12 nitrogen and oxygen atoms in total. The minimum Gasteiger partial charge on any atom is -0.443 e. The fourth-order valence-electron chi connectivity index (χ4n) is 3.13. The van der Waals surface area contributed by atoms with Crippen LogP contribution in [-0.2, 0) is 14.8 Å². The normalized spacial score (nSPS) is 16.1. The summed E-state index contributed by atoms with van der Waals surface area (Å²) >= 11 is 5.73. The lowest BCUT2D eigenvalue weighted by Crippen LogP contribution is -2.34. The van der Waals surface area contributed by atoms with E-state index in [9.17, 15) is 23.3 Å². The Morgan fingerprint density at radius 3 is 2.64 bits per heavy atom. The standard InChI is InChI=1S/C19H16ClN5O7S/c1-11-22-18(23-32-11)12-2-4-13(5-3-12)24-10-14(31-19(24)26)9-21-33(29,30)15-6-7-16(20)17(8-15)25(27)28/h2-8,14,21H,9-10H2,1H3. The molecule has 1 amide bonds. The van der Waals surface area contributed by atoms with E-state index in [2.05, 4.69) is 14.9 Å². The Balaban J connectivity index is 1.41. The lowest BCUT2D eigenvalue weighted by Gasteiger charge is -2.13. The minimum atomic E-state index is -4.10. The molecular formula is C19H16ClN5O7S. The summed E-state index contributed by atoms with van der Waals surface area (Å²) in [6.45, 7) is 1.55. The van der Waals surface area contributed by atoms with Gasteiger partial charge in [0.05, 0.1) is 16.4 Å². The molecule has 1 aromatic heterocycles. The fraction of sp³-hybridized carbons (Fsp3) is 0.211. The van der Waals surface area contributed by atoms with Gasteiger partial charge in [-0.3, -0.25) is 15.0 Å². The van der Waals surface area contributed by atoms with Crippen LogP contribution in [0.4, 0.5) is 16.2 Å². The SMILES string of the molecule is Cc1nc(-c2ccc(N3CC(CNS(=O)(=O)c4ccc(Cl)c([N+](=O)[O-])c4)OC3=O)cc2)no1. The highest BCUT2D eigenvalue weighted by Crippen LogP contribution is 2.28. The topological polar surface area (TPSA) is 158 Å². The number of nitrogens with one attached hydrogen (secondary N) is 1. The van der Waals surface area contributed by atoms with E-state index < -0.39 is 32.8 Å². The molecule has 3 aromatic rings. The van der Waals surface area contributed by atoms with Crippen molar-refractivity contribution in [2.75, 3.05) is 18.0 Å². The molecule has 0 radical (unpaired) electrons. The van der Waals surface area contributed by atoms with Crippen molar-refractivity contribution in [1.29, 1.82) is 0 Å². The summed E-state index contributed by atoms with van der Waals surface area (Å²) in [5.41, 5.74) is 0.713. The van der Waals surface area contributed by atoms with Crippen LogP contribution in [0.5, 0.6) is 0 Å². The average Bonchev–Trinajstić information content (AvgIpc) is 3.38. The highest BCUT2D eigenvalue weighted by molar-refractivity contribution is 7.89. The Morgan fingerprint density at radius 2 is 2.00 bits per heavy atom. The maximum atomic E-state index is 12.5. The van der Waals surface area contributed by atoms with Crippen LogP contribution in [0.3, 0.4) is 0 Å². The van der Waals surface area contributed by atoms with E-state index in [1.54, 1.807) is 31.2 Å². The first-order chi connectivity index (χ1) is 15.6. The van der Waals surface area contributed by atoms with E-state index in [-0.39, 0.29) is 23.0 Å². The third-order valence-corrected chi connectivity index (χ3v) is 6.51. The monoisotopic (exact) mass is 493 g/mol. The molecule has 1 saturated heterocycles. The van der Waals surface area contributed by atoms with Gasteiger partial charge in [0.25, 0.3) is 5.69 Å². The molecule has 0 saturated carbocycles. The molecule has 0 spiro atoms. The Hall–Kier alpha value is -3.55. The van der Waals surface area contributed by atoms with Gasteiger partial charge in [0.15, 0.2) is 0 Å². The lowest BCUT2D eigenvalue weighted by molar-refractivity contribution is -0.384. The number of sulfonamides is 1. The summed E-state index contributed by atoms with van der Waals surface area (Å²) in [6.07, 6.45) is -1.40. The number of nitro benzene ring substituents is 1. The van der Waals surface area contributed by atoms with Crippen LogP contribution in [0, 0.1) is 17.0 Å². The second-order valence-electron chi connectivity index (χ2n) is 7.02. The quantitative estimate of drug-likeness (QED) is 0.385. The van der Waals surface area contributed by atoms with Crippen LogP contribution in [0.1, 0.15) is 5.89 Å². The summed E-state index contributed by atoms with van der Waals surface area (Å²) in [5.74, 6) is 0.841. The largest absolute Gasteiger partial charge is 0.443 e. The van der Waals surface area contributed by atoms with Gasteiger partial charge in [-0.25, -0.2) is 17.9 Å². The lowest BCUT2D eigenvalue weighted by atomic mass is 10.2. The van der Waals surface area contributed by atoms with Gasteiger partial charge in [0, 0.05) is 30.8 Å². The van der Waals surface area contributed by atoms with Gasteiger partial charge in [-0.15, -0.1) is 0 Å². The molecule has 1 unspecified atom stereocenters. The van der Waals surface area contributed by atoms with Gasteiger partial charge in [0.2, 0.25) is 21.7 Å². The number of aryl methyl sites for hydroxylation is 1. The number of amides is 1. The van der Waals surface area contributed by atoms with Crippen molar-refractivity contribution in [1.82, 2.24) is 14.9 Å². The smallest absolute Gasteiger partial charge is 0.414 e. The van der Waals surface area contributed by atoms with E-state index in [1.807, 2.05) is 0 Å². The molecule has 0 bridgehead atoms. The van der Waals surface area contributed by atoms with Crippen molar-refractivity contribution < 1.29 is 27.4 Å². The minimum absolute atomic E-state index is 0.1000. The molecule has 1 atom stereocenters. The zero-order valence-corrected chi connectivity index (χ0v) is 18.5. The molecule has 14 heteroatoms. The molecule has 1 N–H and O–H groups in total. The number of carbonyl (C=O) groups excluding carboxylic acids is 1. The molecule has 0 aliphatic carbocycles. The summed E-state index contributed by atoms with van der Waals surface area (Å²) in [5, 5.41) is 14.7. The van der Waals surface area contributed by atoms with Crippen molar-refractivity contribution in [2.24, 2.45) is 0 Å². The van der Waals surface area contributed by atoms with Crippen LogP contribution >= 0.6 is 11.6 Å². The van der Waals surface area contributed by atoms with Crippen LogP contribution in [-0.4, -0.2) is 48.8 Å². The van der Waals surface area contributed by atoms with Gasteiger partial charge >= 0.3 is 6.09 Å². The van der Waals surface area contributed by atoms with Gasteiger partial charge in [-0.05, 0) is 36.4 Å². The molecule has 2 aromatic carbocycles. The van der Waals surface area contributed by atoms with Gasteiger partial charge in [0.1, 0.15) is 11.1 Å². The number of hydrogen-bond donors (Lipinski definition) is 1. The third-order valence-electron chi connectivity index (χ3n) is 4.76. The molecule has 1 aliphatic rings. The first-order valence-corrected chi connectivity index (χ1v) is 11.3. The Morgan fingerprint density at radius 1 is 1.27 bits per heavy atom. The predicted octanol–water partition coefficient (Wildman–Crippen LogP) is 2.91. The third kappa shape index (κ3) is 4.79. The number of carbonyl (C=O) groups is 1. The fourth-order valence-corrected chi connectivity index (χ4v) is 4.40. The summed E-state index contributed by atoms with van der Waals surface area (Å²) in [4.78, 5) is 27.7. The van der Waals surface area contributed by atoms with Crippen molar-refractivity contribution in [3.63, 3.8) is 0 Å². The van der Waals surface area contributed by atoms with Crippen molar-refractivity contribution in [3.8, 4) is 11.4 Å². The number of aromatic nitrogens is 2. The van der Waals surface area contributed by atoms with Crippen molar-refractivity contribution in [3.05, 3.63) is 63.5 Å². The highest BCUT2D eigenvalue weighted by atomic mass is 35.5. The number of nitro groups is 1. The first-order valence-electron chi connectivity index (χ1n) is 9.46. The van der Waals surface area contributed by atoms with Gasteiger partial charge in [-0.1, -0.05) is 16.8 Å². The second kappa shape index (κ2) is 8.77. The van der Waals surface area contributed by atoms with Gasteiger partial charge < -0.3 is 9.26 Å². The Kier molecular flexibility index (Phi) is 6.01. The van der Waals surface area contributed by atoms with Crippen molar-refractivity contribution >= 4 is 39.1 Å². The van der Waals surface area contributed by atoms with Crippen LogP contribution in [0.25, 0.3) is 11.4 Å². The molecule has 2 heterocycles. The van der Waals surface area contributed by atoms with E-state index in [0.29, 0.717) is 23.0 Å². The highest BCUT2D eigenvalue weighted by Gasteiger charge is 2.33. The zero-order valence-electron chi connectivity index (χ0n) is 17.0. The number of nitrogens with zero attached hydrogens (tertiary/aromatic N) is 4. The Labute approximate surface area is 192 Å². The number of anilines is 1. The van der Waals surface area contributed by atoms with E-state index in [1.165, 1.54) is 4.90 Å². The summed E-state index contributed by atoms with van der Waals surface area (Å²) in [7, 11) is -4.10. The number of cyclic esters (lactones) is 1. The Bertz CT molecular complexity index is 1330. The van der Waals surface area contributed by atoms with Crippen LogP contribution < -0.4 is 9.62 Å². The first kappa shape index (κ1) is 22.6. The summed E-state index contributed by atoms with van der Waals surface area (Å²) < 4.78 is 37.6. The molecular weight excluding hydrogens is 478 g/mol. The number of halogens is 1. The molecule has 1 fully saturated rings. The van der Waals surface area contributed by atoms with Gasteiger partial charge in [-0.2, -0.15) is 4.98 Å². The molecule has 4 rings (SSSR count). The number of hydrogen-bond acceptors (Lipinski definition) is 9.